The lowest BCUT2D eigenvalue weighted by Crippen LogP contribution is -2.49. The maximum Gasteiger partial charge on any atom is 0.264 e. The molecule has 3 aromatic rings. The van der Waals surface area contributed by atoms with Crippen LogP contribution in [-0.2, 0) is 11.3 Å². The molecule has 2 aromatic heterocycles. The number of hydrogen-bond acceptors (Lipinski definition) is 4. The largest absolute Gasteiger partial charge is 0.336 e. The predicted molar refractivity (Wildman–Crippen MR) is 103 cm³/mol. The highest BCUT2D eigenvalue weighted by Gasteiger charge is 2.29. The second kappa shape index (κ2) is 6.98. The van der Waals surface area contributed by atoms with Gasteiger partial charge in [0.2, 0.25) is 5.91 Å². The molecular weight excluding hydrogens is 342 g/mol. The fraction of sp³-hybridized carbons (Fsp3) is 0.400. The van der Waals surface area contributed by atoms with Crippen LogP contribution in [0.5, 0.6) is 0 Å². The fourth-order valence-corrected chi connectivity index (χ4v) is 3.96. The molecule has 0 aliphatic carbocycles. The molecule has 3 heterocycles. The summed E-state index contributed by atoms with van der Waals surface area (Å²) >= 11 is 0. The Balaban J connectivity index is 1.65. The van der Waals surface area contributed by atoms with E-state index in [9.17, 15) is 9.59 Å². The topological polar surface area (TPSA) is 73.0 Å². The quantitative estimate of drug-likeness (QED) is 0.714. The van der Waals surface area contributed by atoms with E-state index in [0.717, 1.165) is 24.9 Å². The molecule has 0 N–H and O–H groups in total. The summed E-state index contributed by atoms with van der Waals surface area (Å²) < 4.78 is 3.02. The highest BCUT2D eigenvalue weighted by molar-refractivity contribution is 5.78. The minimum Gasteiger partial charge on any atom is -0.336 e. The Hall–Kier alpha value is -2.96. The zero-order valence-electron chi connectivity index (χ0n) is 15.6. The molecule has 0 bridgehead atoms. The average molecular weight is 365 g/mol. The molecule has 1 fully saturated rings. The summed E-state index contributed by atoms with van der Waals surface area (Å²) in [7, 11) is 0. The third kappa shape index (κ3) is 3.13. The van der Waals surface area contributed by atoms with Gasteiger partial charge in [0.25, 0.3) is 5.56 Å². The van der Waals surface area contributed by atoms with E-state index >= 15 is 0 Å². The Kier molecular flexibility index (Phi) is 4.51. The average Bonchev–Trinajstić information content (AvgIpc) is 3.09. The molecule has 4 rings (SSSR count). The summed E-state index contributed by atoms with van der Waals surface area (Å²) in [5, 5.41) is 4.72. The maximum atomic E-state index is 12.9. The Labute approximate surface area is 157 Å². The molecule has 1 aliphatic rings. The third-order valence-corrected chi connectivity index (χ3v) is 5.34. The number of carbonyl (C=O) groups is 1. The summed E-state index contributed by atoms with van der Waals surface area (Å²) in [4.78, 5) is 32.0. The number of aromatic nitrogens is 4. The number of carbonyl (C=O) groups excluding carboxylic acids is 1. The van der Waals surface area contributed by atoms with Crippen molar-refractivity contribution in [1.82, 2.24) is 24.2 Å². The highest BCUT2D eigenvalue weighted by atomic mass is 16.2. The van der Waals surface area contributed by atoms with Gasteiger partial charge in [-0.05, 0) is 45.2 Å². The summed E-state index contributed by atoms with van der Waals surface area (Å²) in [6.07, 6.45) is 6.12. The van der Waals surface area contributed by atoms with Crippen LogP contribution in [0.15, 0.2) is 47.7 Å². The number of rotatable bonds is 3. The van der Waals surface area contributed by atoms with E-state index < -0.39 is 0 Å². The van der Waals surface area contributed by atoms with E-state index in [1.807, 2.05) is 35.2 Å². The van der Waals surface area contributed by atoms with Crippen LogP contribution < -0.4 is 5.56 Å². The Morgan fingerprint density at radius 1 is 1.15 bits per heavy atom. The number of piperidine rings is 1. The predicted octanol–water partition coefficient (Wildman–Crippen LogP) is 2.37. The number of benzene rings is 1. The van der Waals surface area contributed by atoms with E-state index in [2.05, 4.69) is 23.9 Å². The number of fused-ring (bicyclic) bond motifs is 1. The maximum absolute atomic E-state index is 12.9. The van der Waals surface area contributed by atoms with Crippen molar-refractivity contribution in [3.05, 3.63) is 53.2 Å². The van der Waals surface area contributed by atoms with E-state index in [0.29, 0.717) is 11.0 Å². The lowest BCUT2D eigenvalue weighted by molar-refractivity contribution is -0.138. The van der Waals surface area contributed by atoms with Crippen molar-refractivity contribution in [1.29, 1.82) is 0 Å². The molecular formula is C20H23N5O2. The summed E-state index contributed by atoms with van der Waals surface area (Å²) in [5.74, 6) is -0.0339. The zero-order valence-corrected chi connectivity index (χ0v) is 15.6. The van der Waals surface area contributed by atoms with E-state index in [4.69, 9.17) is 0 Å². The van der Waals surface area contributed by atoms with Gasteiger partial charge in [0.15, 0.2) is 5.65 Å². The number of likely N-dealkylation sites (tertiary alicyclic amines) is 1. The summed E-state index contributed by atoms with van der Waals surface area (Å²) in [6.45, 7) is 4.15. The lowest BCUT2D eigenvalue weighted by atomic mass is 9.97. The Morgan fingerprint density at radius 2 is 1.85 bits per heavy atom. The van der Waals surface area contributed by atoms with Gasteiger partial charge >= 0.3 is 0 Å². The molecule has 7 heteroatoms. The van der Waals surface area contributed by atoms with Gasteiger partial charge in [0.05, 0.1) is 11.9 Å². The van der Waals surface area contributed by atoms with E-state index in [-0.39, 0.29) is 30.1 Å². The van der Waals surface area contributed by atoms with Crippen LogP contribution >= 0.6 is 0 Å². The Morgan fingerprint density at radius 3 is 2.56 bits per heavy atom. The van der Waals surface area contributed by atoms with Gasteiger partial charge in [-0.3, -0.25) is 14.2 Å². The number of para-hydroxylation sites is 1. The molecule has 140 valence electrons. The molecule has 1 amide bonds. The van der Waals surface area contributed by atoms with Gasteiger partial charge in [-0.25, -0.2) is 9.67 Å². The second-order valence-corrected chi connectivity index (χ2v) is 7.24. The second-order valence-electron chi connectivity index (χ2n) is 7.24. The molecule has 7 nitrogen and oxygen atoms in total. The monoisotopic (exact) mass is 365 g/mol. The van der Waals surface area contributed by atoms with Crippen LogP contribution in [0.1, 0.15) is 33.1 Å². The van der Waals surface area contributed by atoms with Crippen LogP contribution in [0.4, 0.5) is 0 Å². The first kappa shape index (κ1) is 17.5. The number of amides is 1. The number of hydrogen-bond donors (Lipinski definition) is 0. The van der Waals surface area contributed by atoms with Crippen molar-refractivity contribution in [3.8, 4) is 5.69 Å². The summed E-state index contributed by atoms with van der Waals surface area (Å²) in [6, 6.07) is 9.95. The van der Waals surface area contributed by atoms with Gasteiger partial charge in [0, 0.05) is 12.1 Å². The molecule has 1 aromatic carbocycles. The van der Waals surface area contributed by atoms with Gasteiger partial charge in [-0.1, -0.05) is 18.2 Å². The van der Waals surface area contributed by atoms with Gasteiger partial charge in [-0.15, -0.1) is 0 Å². The third-order valence-electron chi connectivity index (χ3n) is 5.34. The van der Waals surface area contributed by atoms with Crippen LogP contribution in [0.25, 0.3) is 16.7 Å². The van der Waals surface area contributed by atoms with Crippen molar-refractivity contribution in [2.45, 2.75) is 51.7 Å². The van der Waals surface area contributed by atoms with Crippen molar-refractivity contribution in [2.75, 3.05) is 0 Å². The molecule has 2 atom stereocenters. The molecule has 27 heavy (non-hydrogen) atoms. The normalized spacial score (nSPS) is 20.1. The van der Waals surface area contributed by atoms with Crippen LogP contribution in [0.3, 0.4) is 0 Å². The minimum atomic E-state index is -0.243. The first-order chi connectivity index (χ1) is 13.1. The molecule has 0 saturated carbocycles. The fourth-order valence-electron chi connectivity index (χ4n) is 3.96. The van der Waals surface area contributed by atoms with Crippen molar-refractivity contribution < 1.29 is 4.79 Å². The van der Waals surface area contributed by atoms with Crippen LogP contribution in [-0.4, -0.2) is 42.2 Å². The first-order valence-electron chi connectivity index (χ1n) is 9.36. The SMILES string of the molecule is C[C@H]1CCC[C@H](C)N1C(=O)Cn1cnc2c(cnn2-c2ccccc2)c1=O. The van der Waals surface area contributed by atoms with Crippen LogP contribution in [0, 0.1) is 0 Å². The molecule has 1 saturated heterocycles. The first-order valence-corrected chi connectivity index (χ1v) is 9.36. The molecule has 1 aliphatic heterocycles. The van der Waals surface area contributed by atoms with Crippen molar-refractivity contribution in [3.63, 3.8) is 0 Å². The highest BCUT2D eigenvalue weighted by Crippen LogP contribution is 2.22. The molecule has 0 spiro atoms. The molecule has 0 unspecified atom stereocenters. The van der Waals surface area contributed by atoms with Gasteiger partial charge < -0.3 is 4.90 Å². The van der Waals surface area contributed by atoms with Gasteiger partial charge in [-0.2, -0.15) is 5.10 Å². The Bertz CT molecular complexity index is 1010. The molecule has 0 radical (unpaired) electrons. The van der Waals surface area contributed by atoms with E-state index in [1.54, 1.807) is 4.68 Å². The van der Waals surface area contributed by atoms with Crippen molar-refractivity contribution in [2.24, 2.45) is 0 Å². The standard InChI is InChI=1S/C20H23N5O2/c1-14-7-6-8-15(2)24(14)18(26)12-23-13-21-19-17(20(23)27)11-22-25(19)16-9-4-3-5-10-16/h3-5,9-11,13-15H,6-8,12H2,1-2H3/t14-,15-/m0/s1. The van der Waals surface area contributed by atoms with Gasteiger partial charge in [0.1, 0.15) is 18.3 Å². The van der Waals surface area contributed by atoms with E-state index in [1.165, 1.54) is 17.1 Å². The zero-order chi connectivity index (χ0) is 19.0. The van der Waals surface area contributed by atoms with Crippen molar-refractivity contribution >= 4 is 16.9 Å². The van der Waals surface area contributed by atoms with Crippen LogP contribution in [0.2, 0.25) is 0 Å². The lowest BCUT2D eigenvalue weighted by Gasteiger charge is -2.39. The smallest absolute Gasteiger partial charge is 0.264 e. The minimum absolute atomic E-state index is 0.00691. The number of nitrogens with zero attached hydrogens (tertiary/aromatic N) is 5. The summed E-state index contributed by atoms with van der Waals surface area (Å²) in [5.41, 5.74) is 1.09.